The number of nitrogens with one attached hydrogen (secondary N) is 1. The second-order valence-electron chi connectivity index (χ2n) is 7.74. The van der Waals surface area contributed by atoms with E-state index in [0.29, 0.717) is 38.2 Å². The van der Waals surface area contributed by atoms with Gasteiger partial charge in [-0.15, -0.1) is 12.6 Å². The molecule has 0 saturated carbocycles. The molecule has 0 atom stereocenters. The van der Waals surface area contributed by atoms with Crippen molar-refractivity contribution in [2.24, 2.45) is 0 Å². The fraction of sp³-hybridized carbons (Fsp3) is 0. The van der Waals surface area contributed by atoms with E-state index in [1.807, 2.05) is 54.6 Å². The van der Waals surface area contributed by atoms with Crippen LogP contribution in [-0.4, -0.2) is 16.0 Å². The molecule has 35 heavy (non-hydrogen) atoms. The number of hydrogen-bond acceptors (Lipinski definition) is 5. The molecule has 5 nitrogen and oxygen atoms in total. The van der Waals surface area contributed by atoms with Gasteiger partial charge in [-0.1, -0.05) is 66.2 Å². The number of anilines is 1. The fourth-order valence-corrected chi connectivity index (χ4v) is 4.22. The van der Waals surface area contributed by atoms with Gasteiger partial charge < -0.3 is 9.52 Å². The molecular formula is C28H19ClN2O3S. The number of thiol groups is 1. The Kier molecular flexibility index (Phi) is 6.31. The number of carbonyl (C=O) groups excluding carboxylic acids is 1. The predicted octanol–water partition coefficient (Wildman–Crippen LogP) is 7.58. The van der Waals surface area contributed by atoms with Crippen molar-refractivity contribution in [2.45, 2.75) is 4.90 Å². The molecule has 0 aliphatic heterocycles. The second kappa shape index (κ2) is 9.70. The van der Waals surface area contributed by atoms with E-state index < -0.39 is 5.91 Å². The number of oxazole rings is 1. The van der Waals surface area contributed by atoms with Crippen LogP contribution in [0.4, 0.5) is 5.88 Å². The van der Waals surface area contributed by atoms with E-state index in [-0.39, 0.29) is 11.6 Å². The maximum atomic E-state index is 13.5. The number of halogens is 1. The minimum atomic E-state index is -0.413. The number of nitrogens with zero attached hydrogens (tertiary/aromatic N) is 1. The standard InChI is InChI=1S/C28H19ClN2O3S/c29-18-14-15-20(23(32)16-18)19-10-4-5-11-21(19)26(33)31-28-25(22-12-6-7-13-24(22)35)30-27(34-28)17-8-2-1-3-9-17/h1-16,32,35H,(H,31,33). The quantitative estimate of drug-likeness (QED) is 0.218. The molecule has 172 valence electrons. The van der Waals surface area contributed by atoms with Crippen LogP contribution in [0.2, 0.25) is 5.02 Å². The maximum Gasteiger partial charge on any atom is 0.258 e. The number of benzene rings is 4. The second-order valence-corrected chi connectivity index (χ2v) is 8.66. The Balaban J connectivity index is 1.58. The highest BCUT2D eigenvalue weighted by atomic mass is 35.5. The van der Waals surface area contributed by atoms with E-state index in [0.717, 1.165) is 11.1 Å². The first-order valence-corrected chi connectivity index (χ1v) is 11.6. The topological polar surface area (TPSA) is 75.4 Å². The normalized spacial score (nSPS) is 10.8. The molecule has 5 rings (SSSR count). The van der Waals surface area contributed by atoms with Crippen molar-refractivity contribution >= 4 is 36.0 Å². The third kappa shape index (κ3) is 4.67. The molecule has 0 unspecified atom stereocenters. The lowest BCUT2D eigenvalue weighted by atomic mass is 9.98. The van der Waals surface area contributed by atoms with Gasteiger partial charge in [-0.25, -0.2) is 4.98 Å². The van der Waals surface area contributed by atoms with E-state index in [1.165, 1.54) is 6.07 Å². The van der Waals surface area contributed by atoms with Crippen LogP contribution in [0.3, 0.4) is 0 Å². The molecule has 7 heteroatoms. The van der Waals surface area contributed by atoms with Crippen molar-refractivity contribution in [1.82, 2.24) is 4.98 Å². The Bertz CT molecular complexity index is 1530. The zero-order valence-electron chi connectivity index (χ0n) is 18.3. The van der Waals surface area contributed by atoms with Gasteiger partial charge in [-0.2, -0.15) is 0 Å². The number of rotatable bonds is 5. The highest BCUT2D eigenvalue weighted by molar-refractivity contribution is 7.80. The number of phenols is 1. The van der Waals surface area contributed by atoms with Gasteiger partial charge in [0.15, 0.2) is 0 Å². The van der Waals surface area contributed by atoms with Gasteiger partial charge in [0.1, 0.15) is 11.4 Å². The number of hydrogen-bond donors (Lipinski definition) is 3. The molecule has 1 aromatic heterocycles. The van der Waals surface area contributed by atoms with E-state index in [2.05, 4.69) is 22.9 Å². The SMILES string of the molecule is O=C(Nc1oc(-c2ccccc2)nc1-c1ccccc1S)c1ccccc1-c1ccc(Cl)cc1O. The van der Waals surface area contributed by atoms with Gasteiger partial charge in [-0.05, 0) is 48.0 Å². The van der Waals surface area contributed by atoms with Crippen LogP contribution in [0, 0.1) is 0 Å². The minimum absolute atomic E-state index is 0.0199. The number of carbonyl (C=O) groups is 1. The molecule has 0 aliphatic carbocycles. The van der Waals surface area contributed by atoms with E-state index in [1.54, 1.807) is 36.4 Å². The summed E-state index contributed by atoms with van der Waals surface area (Å²) < 4.78 is 6.04. The average molecular weight is 499 g/mol. The van der Waals surface area contributed by atoms with E-state index in [4.69, 9.17) is 16.0 Å². The monoisotopic (exact) mass is 498 g/mol. The lowest BCUT2D eigenvalue weighted by Crippen LogP contribution is -2.13. The lowest BCUT2D eigenvalue weighted by Gasteiger charge is -2.11. The van der Waals surface area contributed by atoms with Crippen LogP contribution >= 0.6 is 24.2 Å². The summed E-state index contributed by atoms with van der Waals surface area (Å²) in [5, 5.41) is 13.7. The summed E-state index contributed by atoms with van der Waals surface area (Å²) in [4.78, 5) is 18.8. The summed E-state index contributed by atoms with van der Waals surface area (Å²) in [6.45, 7) is 0. The first-order valence-electron chi connectivity index (χ1n) is 10.7. The molecule has 2 N–H and O–H groups in total. The minimum Gasteiger partial charge on any atom is -0.507 e. The Morgan fingerprint density at radius 3 is 2.29 bits per heavy atom. The molecule has 1 heterocycles. The molecule has 0 spiro atoms. The number of phenolic OH excluding ortho intramolecular Hbond substituents is 1. The molecule has 0 radical (unpaired) electrons. The van der Waals surface area contributed by atoms with E-state index >= 15 is 0 Å². The number of amides is 1. The van der Waals surface area contributed by atoms with Gasteiger partial charge in [0, 0.05) is 32.2 Å². The van der Waals surface area contributed by atoms with Crippen LogP contribution < -0.4 is 5.32 Å². The number of aromatic hydroxyl groups is 1. The Morgan fingerprint density at radius 1 is 0.857 bits per heavy atom. The Morgan fingerprint density at radius 2 is 1.54 bits per heavy atom. The summed E-state index contributed by atoms with van der Waals surface area (Å²) in [5.41, 5.74) is 3.36. The molecule has 5 aromatic rings. The molecule has 4 aromatic carbocycles. The molecular weight excluding hydrogens is 480 g/mol. The van der Waals surface area contributed by atoms with Gasteiger partial charge in [-0.3, -0.25) is 10.1 Å². The maximum absolute atomic E-state index is 13.5. The summed E-state index contributed by atoms with van der Waals surface area (Å²) in [6, 6.07) is 28.7. The highest BCUT2D eigenvalue weighted by Crippen LogP contribution is 2.37. The molecule has 0 saturated heterocycles. The van der Waals surface area contributed by atoms with Crippen LogP contribution in [0.1, 0.15) is 10.4 Å². The van der Waals surface area contributed by atoms with E-state index in [9.17, 15) is 9.90 Å². The van der Waals surface area contributed by atoms with Crippen molar-refractivity contribution in [3.63, 3.8) is 0 Å². The van der Waals surface area contributed by atoms with Crippen LogP contribution in [0.25, 0.3) is 33.8 Å². The van der Waals surface area contributed by atoms with Crippen molar-refractivity contribution in [2.75, 3.05) is 5.32 Å². The summed E-state index contributed by atoms with van der Waals surface area (Å²) >= 11 is 10.6. The summed E-state index contributed by atoms with van der Waals surface area (Å²) in [5.74, 6) is 0.138. The predicted molar refractivity (Wildman–Crippen MR) is 141 cm³/mol. The van der Waals surface area contributed by atoms with Crippen LogP contribution in [0.5, 0.6) is 5.75 Å². The van der Waals surface area contributed by atoms with Crippen molar-refractivity contribution in [3.05, 3.63) is 108 Å². The first kappa shape index (κ1) is 22.8. The van der Waals surface area contributed by atoms with Crippen molar-refractivity contribution in [1.29, 1.82) is 0 Å². The average Bonchev–Trinajstić information content (AvgIpc) is 3.28. The highest BCUT2D eigenvalue weighted by Gasteiger charge is 2.22. The molecule has 0 fully saturated rings. The van der Waals surface area contributed by atoms with Crippen LogP contribution in [0.15, 0.2) is 106 Å². The van der Waals surface area contributed by atoms with Crippen LogP contribution in [-0.2, 0) is 0 Å². The van der Waals surface area contributed by atoms with Crippen molar-refractivity contribution < 1.29 is 14.3 Å². The van der Waals surface area contributed by atoms with Gasteiger partial charge in [0.05, 0.1) is 0 Å². The Hall–Kier alpha value is -4.00. The molecule has 0 bridgehead atoms. The largest absolute Gasteiger partial charge is 0.507 e. The zero-order chi connectivity index (χ0) is 24.4. The van der Waals surface area contributed by atoms with Gasteiger partial charge >= 0.3 is 0 Å². The zero-order valence-corrected chi connectivity index (χ0v) is 19.9. The first-order chi connectivity index (χ1) is 17.0. The number of aromatic nitrogens is 1. The molecule has 0 aliphatic rings. The third-order valence-corrected chi connectivity index (χ3v) is 6.08. The third-order valence-electron chi connectivity index (χ3n) is 5.46. The summed E-state index contributed by atoms with van der Waals surface area (Å²) in [6.07, 6.45) is 0. The lowest BCUT2D eigenvalue weighted by molar-refractivity contribution is 0.102. The van der Waals surface area contributed by atoms with Crippen molar-refractivity contribution in [3.8, 4) is 39.6 Å². The molecule has 1 amide bonds. The van der Waals surface area contributed by atoms with Gasteiger partial charge in [0.25, 0.3) is 5.91 Å². The fourth-order valence-electron chi connectivity index (χ4n) is 3.78. The Labute approximate surface area is 212 Å². The smallest absolute Gasteiger partial charge is 0.258 e. The van der Waals surface area contributed by atoms with Gasteiger partial charge in [0.2, 0.25) is 11.8 Å². The summed E-state index contributed by atoms with van der Waals surface area (Å²) in [7, 11) is 0.